The van der Waals surface area contributed by atoms with Crippen LogP contribution in [0.1, 0.15) is 40.0 Å². The fraction of sp³-hybridized carbons (Fsp3) is 0.818. The molecule has 2 amide bonds. The summed E-state index contributed by atoms with van der Waals surface area (Å²) in [6.07, 6.45) is 1.91. The van der Waals surface area contributed by atoms with Crippen molar-refractivity contribution in [2.75, 3.05) is 7.05 Å². The molecule has 2 unspecified atom stereocenters. The van der Waals surface area contributed by atoms with Gasteiger partial charge in [-0.15, -0.1) is 0 Å². The summed E-state index contributed by atoms with van der Waals surface area (Å²) in [7, 11) is 1.73. The predicted octanol–water partition coefficient (Wildman–Crippen LogP) is 1.68. The van der Waals surface area contributed by atoms with Crippen molar-refractivity contribution in [1.82, 2.24) is 10.2 Å². The number of rotatable bonds is 6. The molecule has 16 heavy (non-hydrogen) atoms. The molecular weight excluding hydrogens is 208 g/mol. The van der Waals surface area contributed by atoms with Crippen molar-refractivity contribution >= 4 is 12.0 Å². The van der Waals surface area contributed by atoms with E-state index in [4.69, 9.17) is 5.11 Å². The Morgan fingerprint density at radius 2 is 1.94 bits per heavy atom. The number of nitrogens with zero attached hydrogens (tertiary/aromatic N) is 1. The van der Waals surface area contributed by atoms with Crippen molar-refractivity contribution in [2.45, 2.75) is 52.1 Å². The standard InChI is InChI=1S/C11H22N2O3/c1-5-6-9(3)13(4)11(16)12-8(2)7-10(14)15/h8-9H,5-7H2,1-4H3,(H,12,16)(H,14,15). The number of carboxylic acid groups (broad SMARTS) is 1. The second-order valence-corrected chi connectivity index (χ2v) is 4.20. The highest BCUT2D eigenvalue weighted by Gasteiger charge is 2.17. The van der Waals surface area contributed by atoms with Gasteiger partial charge in [0.25, 0.3) is 0 Å². The van der Waals surface area contributed by atoms with Crippen LogP contribution in [0.2, 0.25) is 0 Å². The second-order valence-electron chi connectivity index (χ2n) is 4.20. The molecule has 0 aromatic rings. The van der Waals surface area contributed by atoms with E-state index in [0.29, 0.717) is 0 Å². The number of carbonyl (C=O) groups excluding carboxylic acids is 1. The Hall–Kier alpha value is -1.26. The summed E-state index contributed by atoms with van der Waals surface area (Å²) in [5.74, 6) is -0.906. The first-order valence-electron chi connectivity index (χ1n) is 5.63. The number of nitrogens with one attached hydrogen (secondary N) is 1. The van der Waals surface area contributed by atoms with Gasteiger partial charge in [0.1, 0.15) is 0 Å². The summed E-state index contributed by atoms with van der Waals surface area (Å²) in [5.41, 5.74) is 0. The minimum Gasteiger partial charge on any atom is -0.481 e. The van der Waals surface area contributed by atoms with Crippen molar-refractivity contribution in [3.05, 3.63) is 0 Å². The van der Waals surface area contributed by atoms with E-state index < -0.39 is 5.97 Å². The summed E-state index contributed by atoms with van der Waals surface area (Å²) in [6.45, 7) is 5.73. The van der Waals surface area contributed by atoms with Crippen LogP contribution in [0.3, 0.4) is 0 Å². The van der Waals surface area contributed by atoms with E-state index in [1.807, 2.05) is 6.92 Å². The number of carboxylic acids is 1. The van der Waals surface area contributed by atoms with Crippen molar-refractivity contribution in [1.29, 1.82) is 0 Å². The van der Waals surface area contributed by atoms with Crippen LogP contribution in [0.15, 0.2) is 0 Å². The van der Waals surface area contributed by atoms with E-state index in [9.17, 15) is 9.59 Å². The Bertz CT molecular complexity index is 243. The molecule has 0 heterocycles. The molecule has 0 fully saturated rings. The fourth-order valence-electron chi connectivity index (χ4n) is 1.44. The predicted molar refractivity (Wildman–Crippen MR) is 62.4 cm³/mol. The number of carbonyl (C=O) groups is 2. The Kier molecular flexibility index (Phi) is 6.53. The molecule has 5 nitrogen and oxygen atoms in total. The minimum absolute atomic E-state index is 0.0538. The fourth-order valence-corrected chi connectivity index (χ4v) is 1.44. The lowest BCUT2D eigenvalue weighted by atomic mass is 10.2. The summed E-state index contributed by atoms with van der Waals surface area (Å²) < 4.78 is 0. The molecule has 0 rings (SSSR count). The molecule has 0 spiro atoms. The van der Waals surface area contributed by atoms with E-state index in [0.717, 1.165) is 12.8 Å². The van der Waals surface area contributed by atoms with E-state index in [-0.39, 0.29) is 24.5 Å². The van der Waals surface area contributed by atoms with Gasteiger partial charge < -0.3 is 15.3 Å². The van der Waals surface area contributed by atoms with Gasteiger partial charge in [-0.3, -0.25) is 4.79 Å². The van der Waals surface area contributed by atoms with E-state index >= 15 is 0 Å². The van der Waals surface area contributed by atoms with Crippen LogP contribution < -0.4 is 5.32 Å². The van der Waals surface area contributed by atoms with Crippen molar-refractivity contribution in [2.24, 2.45) is 0 Å². The van der Waals surface area contributed by atoms with Gasteiger partial charge in [0, 0.05) is 19.1 Å². The maximum Gasteiger partial charge on any atom is 0.317 e. The van der Waals surface area contributed by atoms with Crippen LogP contribution >= 0.6 is 0 Å². The van der Waals surface area contributed by atoms with Crippen molar-refractivity contribution in [3.8, 4) is 0 Å². The summed E-state index contributed by atoms with van der Waals surface area (Å²) >= 11 is 0. The molecule has 0 aromatic heterocycles. The Balaban J connectivity index is 4.08. The molecule has 0 bridgehead atoms. The SMILES string of the molecule is CCCC(C)N(C)C(=O)NC(C)CC(=O)O. The highest BCUT2D eigenvalue weighted by Crippen LogP contribution is 2.04. The molecule has 2 atom stereocenters. The number of amides is 2. The van der Waals surface area contributed by atoms with Gasteiger partial charge in [-0.2, -0.15) is 0 Å². The van der Waals surface area contributed by atoms with Crippen molar-refractivity contribution in [3.63, 3.8) is 0 Å². The van der Waals surface area contributed by atoms with Gasteiger partial charge in [0.15, 0.2) is 0 Å². The average Bonchev–Trinajstić information content (AvgIpc) is 2.15. The van der Waals surface area contributed by atoms with Crippen LogP contribution in [0.25, 0.3) is 0 Å². The Morgan fingerprint density at radius 1 is 1.38 bits per heavy atom. The molecule has 0 aliphatic carbocycles. The van der Waals surface area contributed by atoms with Crippen LogP contribution in [-0.4, -0.2) is 41.1 Å². The number of urea groups is 1. The molecule has 0 saturated heterocycles. The van der Waals surface area contributed by atoms with Crippen LogP contribution in [-0.2, 0) is 4.79 Å². The highest BCUT2D eigenvalue weighted by molar-refractivity contribution is 5.75. The van der Waals surface area contributed by atoms with Gasteiger partial charge >= 0.3 is 12.0 Å². The first-order valence-corrected chi connectivity index (χ1v) is 5.63. The first kappa shape index (κ1) is 14.7. The third-order valence-corrected chi connectivity index (χ3v) is 2.54. The topological polar surface area (TPSA) is 69.6 Å². The van der Waals surface area contributed by atoms with Gasteiger partial charge in [0.2, 0.25) is 0 Å². The smallest absolute Gasteiger partial charge is 0.317 e. The summed E-state index contributed by atoms with van der Waals surface area (Å²) in [6, 6.07) is -0.391. The first-order chi connectivity index (χ1) is 7.38. The monoisotopic (exact) mass is 230 g/mol. The number of aliphatic carboxylic acids is 1. The van der Waals surface area contributed by atoms with E-state index in [2.05, 4.69) is 12.2 Å². The number of hydrogen-bond acceptors (Lipinski definition) is 2. The van der Waals surface area contributed by atoms with Gasteiger partial charge in [0.05, 0.1) is 6.42 Å². The third-order valence-electron chi connectivity index (χ3n) is 2.54. The van der Waals surface area contributed by atoms with Gasteiger partial charge in [-0.05, 0) is 20.3 Å². The van der Waals surface area contributed by atoms with Gasteiger partial charge in [-0.25, -0.2) is 4.79 Å². The zero-order chi connectivity index (χ0) is 12.7. The largest absolute Gasteiger partial charge is 0.481 e. The normalized spacial score (nSPS) is 14.0. The molecule has 5 heteroatoms. The van der Waals surface area contributed by atoms with Gasteiger partial charge in [-0.1, -0.05) is 13.3 Å². The maximum atomic E-state index is 11.7. The van der Waals surface area contributed by atoms with Crippen LogP contribution in [0.5, 0.6) is 0 Å². The Labute approximate surface area is 96.8 Å². The van der Waals surface area contributed by atoms with Crippen LogP contribution in [0, 0.1) is 0 Å². The molecule has 0 saturated carbocycles. The molecule has 0 aromatic carbocycles. The third kappa shape index (κ3) is 5.58. The minimum atomic E-state index is -0.906. The zero-order valence-corrected chi connectivity index (χ0v) is 10.5. The molecule has 0 radical (unpaired) electrons. The second kappa shape index (κ2) is 7.09. The Morgan fingerprint density at radius 3 is 2.38 bits per heavy atom. The lowest BCUT2D eigenvalue weighted by molar-refractivity contribution is -0.137. The average molecular weight is 230 g/mol. The molecular formula is C11H22N2O3. The van der Waals surface area contributed by atoms with E-state index in [1.165, 1.54) is 0 Å². The summed E-state index contributed by atoms with van der Waals surface area (Å²) in [4.78, 5) is 23.7. The highest BCUT2D eigenvalue weighted by atomic mass is 16.4. The van der Waals surface area contributed by atoms with E-state index in [1.54, 1.807) is 18.9 Å². The lowest BCUT2D eigenvalue weighted by Crippen LogP contribution is -2.46. The molecule has 0 aliphatic rings. The molecule has 94 valence electrons. The van der Waals surface area contributed by atoms with Crippen molar-refractivity contribution < 1.29 is 14.7 Å². The lowest BCUT2D eigenvalue weighted by Gasteiger charge is -2.26. The quantitative estimate of drug-likeness (QED) is 0.729. The maximum absolute atomic E-state index is 11.7. The number of hydrogen-bond donors (Lipinski definition) is 2. The zero-order valence-electron chi connectivity index (χ0n) is 10.5. The van der Waals surface area contributed by atoms with Crippen LogP contribution in [0.4, 0.5) is 4.79 Å². The molecule has 2 N–H and O–H groups in total. The molecule has 0 aliphatic heterocycles. The summed E-state index contributed by atoms with van der Waals surface area (Å²) in [5, 5.41) is 11.2.